The molecule has 0 aliphatic rings. The lowest BCUT2D eigenvalue weighted by Crippen LogP contribution is -2.57. The molecule has 192 valence electrons. The SMILES string of the molecule is CCc1ccc(C(C(=O)NC(C)C)N(C(=O)C(NC(=O)OC(C)(C)C)C(C)C)C(C)CC)cc1. The van der Waals surface area contributed by atoms with Crippen LogP contribution in [0.4, 0.5) is 4.79 Å². The lowest BCUT2D eigenvalue weighted by molar-refractivity contribution is -0.146. The first-order valence-electron chi connectivity index (χ1n) is 12.4. The maximum atomic E-state index is 14.0. The van der Waals surface area contributed by atoms with Gasteiger partial charge in [0.1, 0.15) is 17.7 Å². The number of carbonyl (C=O) groups is 3. The zero-order valence-corrected chi connectivity index (χ0v) is 22.7. The molecule has 0 aliphatic heterocycles. The molecule has 1 rings (SSSR count). The Kier molecular flexibility index (Phi) is 11.1. The summed E-state index contributed by atoms with van der Waals surface area (Å²) >= 11 is 0. The highest BCUT2D eigenvalue weighted by atomic mass is 16.6. The highest BCUT2D eigenvalue weighted by molar-refractivity contribution is 5.92. The van der Waals surface area contributed by atoms with E-state index in [9.17, 15) is 14.4 Å². The van der Waals surface area contributed by atoms with Gasteiger partial charge in [-0.25, -0.2) is 4.79 Å². The van der Waals surface area contributed by atoms with E-state index >= 15 is 0 Å². The molecule has 3 unspecified atom stereocenters. The standard InChI is InChI=1S/C27H45N3O4/c1-11-19(7)30(25(32)22(17(3)4)29-26(33)34-27(8,9)10)23(24(31)28-18(5)6)21-15-13-20(12-2)14-16-21/h13-19,22-23H,11-12H2,1-10H3,(H,28,31)(H,29,33). The third-order valence-electron chi connectivity index (χ3n) is 5.59. The molecule has 0 spiro atoms. The molecule has 7 heteroatoms. The minimum absolute atomic E-state index is 0.0837. The van der Waals surface area contributed by atoms with Crippen LogP contribution >= 0.6 is 0 Å². The Morgan fingerprint density at radius 2 is 1.50 bits per heavy atom. The lowest BCUT2D eigenvalue weighted by atomic mass is 9.96. The fourth-order valence-electron chi connectivity index (χ4n) is 3.64. The van der Waals surface area contributed by atoms with Gasteiger partial charge in [0.05, 0.1) is 0 Å². The largest absolute Gasteiger partial charge is 0.444 e. The third-order valence-corrected chi connectivity index (χ3v) is 5.59. The normalized spacial score (nSPS) is 14.4. The van der Waals surface area contributed by atoms with Gasteiger partial charge in [0.15, 0.2) is 0 Å². The maximum absolute atomic E-state index is 14.0. The van der Waals surface area contributed by atoms with Gasteiger partial charge in [0.2, 0.25) is 11.8 Å². The Labute approximate surface area is 206 Å². The van der Waals surface area contributed by atoms with Crippen LogP contribution in [-0.4, -0.2) is 46.5 Å². The Bertz CT molecular complexity index is 812. The molecule has 0 saturated carbocycles. The molecule has 3 atom stereocenters. The minimum Gasteiger partial charge on any atom is -0.444 e. The molecule has 3 amide bonds. The van der Waals surface area contributed by atoms with Crippen molar-refractivity contribution < 1.29 is 19.1 Å². The molecular formula is C27H45N3O4. The van der Waals surface area contributed by atoms with Gasteiger partial charge < -0.3 is 20.3 Å². The van der Waals surface area contributed by atoms with Gasteiger partial charge in [0.25, 0.3) is 0 Å². The summed E-state index contributed by atoms with van der Waals surface area (Å²) in [7, 11) is 0. The van der Waals surface area contributed by atoms with Crippen LogP contribution in [0.3, 0.4) is 0 Å². The van der Waals surface area contributed by atoms with Crippen molar-refractivity contribution in [1.29, 1.82) is 0 Å². The zero-order valence-electron chi connectivity index (χ0n) is 22.7. The number of amides is 3. The number of hydrogen-bond donors (Lipinski definition) is 2. The molecule has 0 bridgehead atoms. The predicted octanol–water partition coefficient (Wildman–Crippen LogP) is 4.99. The van der Waals surface area contributed by atoms with Crippen LogP contribution in [-0.2, 0) is 20.7 Å². The number of benzene rings is 1. The lowest BCUT2D eigenvalue weighted by Gasteiger charge is -2.39. The van der Waals surface area contributed by atoms with Gasteiger partial charge in [-0.05, 0) is 71.4 Å². The molecule has 0 radical (unpaired) electrons. The van der Waals surface area contributed by atoms with Gasteiger partial charge in [-0.1, -0.05) is 52.0 Å². The highest BCUT2D eigenvalue weighted by Crippen LogP contribution is 2.28. The Morgan fingerprint density at radius 1 is 0.941 bits per heavy atom. The van der Waals surface area contributed by atoms with Crippen LogP contribution in [0.5, 0.6) is 0 Å². The second-order valence-corrected chi connectivity index (χ2v) is 10.5. The Morgan fingerprint density at radius 3 is 1.91 bits per heavy atom. The maximum Gasteiger partial charge on any atom is 0.408 e. The van der Waals surface area contributed by atoms with E-state index in [1.165, 1.54) is 0 Å². The Balaban J connectivity index is 3.50. The second kappa shape index (κ2) is 12.8. The van der Waals surface area contributed by atoms with Gasteiger partial charge in [-0.3, -0.25) is 9.59 Å². The first-order chi connectivity index (χ1) is 15.7. The quantitative estimate of drug-likeness (QED) is 0.499. The summed E-state index contributed by atoms with van der Waals surface area (Å²) < 4.78 is 5.41. The fraction of sp³-hybridized carbons (Fsp3) is 0.667. The summed E-state index contributed by atoms with van der Waals surface area (Å²) in [5.41, 5.74) is 1.20. The molecular weight excluding hydrogens is 430 g/mol. The van der Waals surface area contributed by atoms with Crippen LogP contribution in [0.15, 0.2) is 24.3 Å². The van der Waals surface area contributed by atoms with Crippen LogP contribution < -0.4 is 10.6 Å². The smallest absolute Gasteiger partial charge is 0.408 e. The van der Waals surface area contributed by atoms with Crippen molar-refractivity contribution in [3.8, 4) is 0 Å². The summed E-state index contributed by atoms with van der Waals surface area (Å²) in [6.45, 7) is 18.8. The molecule has 1 aromatic carbocycles. The first kappa shape index (κ1) is 29.5. The number of ether oxygens (including phenoxy) is 1. The number of alkyl carbamates (subject to hydrolysis) is 1. The third kappa shape index (κ3) is 8.65. The topological polar surface area (TPSA) is 87.7 Å². The minimum atomic E-state index is -0.840. The van der Waals surface area contributed by atoms with E-state index in [2.05, 4.69) is 17.6 Å². The van der Waals surface area contributed by atoms with Crippen molar-refractivity contribution in [2.75, 3.05) is 0 Å². The first-order valence-corrected chi connectivity index (χ1v) is 12.4. The fourth-order valence-corrected chi connectivity index (χ4v) is 3.64. The van der Waals surface area contributed by atoms with Gasteiger partial charge >= 0.3 is 6.09 Å². The van der Waals surface area contributed by atoms with Gasteiger partial charge in [-0.2, -0.15) is 0 Å². The number of carbonyl (C=O) groups excluding carboxylic acids is 3. The van der Waals surface area contributed by atoms with E-state index in [-0.39, 0.29) is 29.8 Å². The van der Waals surface area contributed by atoms with E-state index < -0.39 is 23.8 Å². The van der Waals surface area contributed by atoms with Crippen LogP contribution in [0.2, 0.25) is 0 Å². The monoisotopic (exact) mass is 475 g/mol. The summed E-state index contributed by atoms with van der Waals surface area (Å²) in [6, 6.07) is 5.83. The van der Waals surface area contributed by atoms with Crippen molar-refractivity contribution >= 4 is 17.9 Å². The summed E-state index contributed by atoms with van der Waals surface area (Å²) in [5, 5.41) is 5.73. The summed E-state index contributed by atoms with van der Waals surface area (Å²) in [6.07, 6.45) is 0.882. The number of nitrogens with one attached hydrogen (secondary N) is 2. The zero-order chi connectivity index (χ0) is 26.2. The van der Waals surface area contributed by atoms with Crippen molar-refractivity contribution in [2.24, 2.45) is 5.92 Å². The molecule has 2 N–H and O–H groups in total. The van der Waals surface area contributed by atoms with Crippen LogP contribution in [0, 0.1) is 5.92 Å². The van der Waals surface area contributed by atoms with Crippen molar-refractivity contribution in [3.63, 3.8) is 0 Å². The molecule has 0 heterocycles. The highest BCUT2D eigenvalue weighted by Gasteiger charge is 2.39. The van der Waals surface area contributed by atoms with Crippen molar-refractivity contribution in [2.45, 2.75) is 112 Å². The van der Waals surface area contributed by atoms with Crippen molar-refractivity contribution in [3.05, 3.63) is 35.4 Å². The average Bonchev–Trinajstić information content (AvgIpc) is 2.72. The molecule has 7 nitrogen and oxygen atoms in total. The molecule has 0 aliphatic carbocycles. The van der Waals surface area contributed by atoms with E-state index in [4.69, 9.17) is 4.74 Å². The van der Waals surface area contributed by atoms with Crippen LogP contribution in [0.1, 0.15) is 92.8 Å². The molecule has 34 heavy (non-hydrogen) atoms. The van der Waals surface area contributed by atoms with Gasteiger partial charge in [0, 0.05) is 12.1 Å². The predicted molar refractivity (Wildman–Crippen MR) is 136 cm³/mol. The molecule has 0 aromatic heterocycles. The molecule has 1 aromatic rings. The number of aryl methyl sites for hydroxylation is 1. The van der Waals surface area contributed by atoms with Crippen LogP contribution in [0.25, 0.3) is 0 Å². The van der Waals surface area contributed by atoms with E-state index in [0.717, 1.165) is 17.5 Å². The molecule has 0 saturated heterocycles. The van der Waals surface area contributed by atoms with E-state index in [0.29, 0.717) is 6.42 Å². The average molecular weight is 476 g/mol. The number of nitrogens with zero attached hydrogens (tertiary/aromatic N) is 1. The Hall–Kier alpha value is -2.57. The van der Waals surface area contributed by atoms with Gasteiger partial charge in [-0.15, -0.1) is 0 Å². The summed E-state index contributed by atoms with van der Waals surface area (Å²) in [4.78, 5) is 41.6. The summed E-state index contributed by atoms with van der Waals surface area (Å²) in [5.74, 6) is -0.755. The second-order valence-electron chi connectivity index (χ2n) is 10.5. The number of rotatable bonds is 10. The molecule has 0 fully saturated rings. The van der Waals surface area contributed by atoms with Crippen molar-refractivity contribution in [1.82, 2.24) is 15.5 Å². The van der Waals surface area contributed by atoms with E-state index in [1.807, 2.05) is 65.8 Å². The number of hydrogen-bond acceptors (Lipinski definition) is 4. The van der Waals surface area contributed by atoms with E-state index in [1.54, 1.807) is 25.7 Å².